The summed E-state index contributed by atoms with van der Waals surface area (Å²) in [4.78, 5) is 4.42. The number of pyridine rings is 1. The molecule has 0 aliphatic heterocycles. The van der Waals surface area contributed by atoms with Gasteiger partial charge in [-0.25, -0.2) is 0 Å². The van der Waals surface area contributed by atoms with Crippen LogP contribution >= 0.6 is 0 Å². The van der Waals surface area contributed by atoms with E-state index < -0.39 is 0 Å². The lowest BCUT2D eigenvalue weighted by molar-refractivity contribution is 0.646. The van der Waals surface area contributed by atoms with Gasteiger partial charge >= 0.3 is 0 Å². The van der Waals surface area contributed by atoms with Crippen LogP contribution in [0.5, 0.6) is 0 Å². The first-order valence-electron chi connectivity index (χ1n) is 6.25. The van der Waals surface area contributed by atoms with E-state index in [1.165, 1.54) is 16.8 Å². The number of hydrogen-bond donors (Lipinski definition) is 0. The van der Waals surface area contributed by atoms with Gasteiger partial charge in [0, 0.05) is 11.9 Å². The maximum absolute atomic E-state index is 4.42. The van der Waals surface area contributed by atoms with E-state index in [1.807, 2.05) is 12.3 Å². The lowest BCUT2D eigenvalue weighted by Gasteiger charge is -2.17. The molecule has 0 radical (unpaired) electrons. The highest BCUT2D eigenvalue weighted by Crippen LogP contribution is 2.26. The quantitative estimate of drug-likeness (QED) is 0.658. The van der Waals surface area contributed by atoms with E-state index in [9.17, 15) is 0 Å². The minimum atomic E-state index is 0.327. The Morgan fingerprint density at radius 1 is 1.06 bits per heavy atom. The van der Waals surface area contributed by atoms with Crippen molar-refractivity contribution in [2.24, 2.45) is 0 Å². The molecule has 0 aliphatic rings. The van der Waals surface area contributed by atoms with Crippen LogP contribution in [0.4, 0.5) is 0 Å². The van der Waals surface area contributed by atoms with E-state index in [1.54, 1.807) is 0 Å². The van der Waals surface area contributed by atoms with Crippen LogP contribution in [-0.2, 0) is 0 Å². The minimum Gasteiger partial charge on any atom is -0.336 e. The average molecular weight is 236 g/mol. The first kappa shape index (κ1) is 11.0. The standard InChI is InChI=1S/C16H16N2/c1-12-11-15-16(9-6-10-17-15)18(12)13(2)14-7-4-3-5-8-14/h3-11,13H,1-2H3. The molecular formula is C16H16N2. The summed E-state index contributed by atoms with van der Waals surface area (Å²) in [7, 11) is 0. The number of aryl methyl sites for hydroxylation is 1. The van der Waals surface area contributed by atoms with Crippen molar-refractivity contribution >= 4 is 11.0 Å². The first-order chi connectivity index (χ1) is 8.77. The molecule has 90 valence electrons. The maximum Gasteiger partial charge on any atom is 0.0883 e. The second kappa shape index (κ2) is 4.30. The highest BCUT2D eigenvalue weighted by atomic mass is 15.0. The second-order valence-corrected chi connectivity index (χ2v) is 4.65. The summed E-state index contributed by atoms with van der Waals surface area (Å²) in [6.07, 6.45) is 1.85. The summed E-state index contributed by atoms with van der Waals surface area (Å²) in [6, 6.07) is 17.2. The van der Waals surface area contributed by atoms with Gasteiger partial charge in [-0.15, -0.1) is 0 Å². The predicted molar refractivity (Wildman–Crippen MR) is 74.7 cm³/mol. The summed E-state index contributed by atoms with van der Waals surface area (Å²) in [5.41, 5.74) is 4.84. The van der Waals surface area contributed by atoms with Gasteiger partial charge in [-0.2, -0.15) is 0 Å². The van der Waals surface area contributed by atoms with Crippen molar-refractivity contribution in [1.82, 2.24) is 9.55 Å². The molecule has 3 aromatic rings. The molecule has 0 fully saturated rings. The van der Waals surface area contributed by atoms with E-state index in [0.717, 1.165) is 5.52 Å². The zero-order valence-corrected chi connectivity index (χ0v) is 10.7. The van der Waals surface area contributed by atoms with Crippen LogP contribution in [-0.4, -0.2) is 9.55 Å². The van der Waals surface area contributed by atoms with Crippen LogP contribution in [0.2, 0.25) is 0 Å². The van der Waals surface area contributed by atoms with E-state index in [2.05, 4.69) is 65.9 Å². The summed E-state index contributed by atoms with van der Waals surface area (Å²) in [5.74, 6) is 0. The predicted octanol–water partition coefficient (Wildman–Crippen LogP) is 3.95. The molecular weight excluding hydrogens is 220 g/mol. The van der Waals surface area contributed by atoms with Crippen LogP contribution in [0.1, 0.15) is 24.2 Å². The van der Waals surface area contributed by atoms with E-state index in [0.29, 0.717) is 6.04 Å². The van der Waals surface area contributed by atoms with E-state index in [-0.39, 0.29) is 0 Å². The Morgan fingerprint density at radius 2 is 1.83 bits per heavy atom. The third-order valence-corrected chi connectivity index (χ3v) is 3.47. The van der Waals surface area contributed by atoms with Crippen molar-refractivity contribution < 1.29 is 0 Å². The number of hydrogen-bond acceptors (Lipinski definition) is 1. The summed E-state index contributed by atoms with van der Waals surface area (Å²) < 4.78 is 2.34. The highest BCUT2D eigenvalue weighted by molar-refractivity contribution is 5.77. The third kappa shape index (κ3) is 1.70. The van der Waals surface area contributed by atoms with Crippen molar-refractivity contribution in [3.05, 3.63) is 66.0 Å². The highest BCUT2D eigenvalue weighted by Gasteiger charge is 2.13. The molecule has 2 nitrogen and oxygen atoms in total. The molecule has 0 amide bonds. The molecule has 1 unspecified atom stereocenters. The molecule has 2 aromatic heterocycles. The fourth-order valence-electron chi connectivity index (χ4n) is 2.58. The molecule has 0 saturated heterocycles. The Bertz CT molecular complexity index is 668. The number of fused-ring (bicyclic) bond motifs is 1. The molecule has 18 heavy (non-hydrogen) atoms. The van der Waals surface area contributed by atoms with Crippen molar-refractivity contribution in [2.75, 3.05) is 0 Å². The number of rotatable bonds is 2. The zero-order chi connectivity index (χ0) is 12.5. The summed E-state index contributed by atoms with van der Waals surface area (Å²) in [6.45, 7) is 4.37. The van der Waals surface area contributed by atoms with Crippen LogP contribution < -0.4 is 0 Å². The monoisotopic (exact) mass is 236 g/mol. The smallest absolute Gasteiger partial charge is 0.0883 e. The van der Waals surface area contributed by atoms with Gasteiger partial charge in [0.15, 0.2) is 0 Å². The molecule has 0 spiro atoms. The van der Waals surface area contributed by atoms with Crippen molar-refractivity contribution in [2.45, 2.75) is 19.9 Å². The Kier molecular flexibility index (Phi) is 2.63. The van der Waals surface area contributed by atoms with Gasteiger partial charge in [0.2, 0.25) is 0 Å². The normalized spacial score (nSPS) is 12.8. The molecule has 3 rings (SSSR count). The van der Waals surface area contributed by atoms with E-state index in [4.69, 9.17) is 0 Å². The fraction of sp³-hybridized carbons (Fsp3) is 0.188. The molecule has 2 heteroatoms. The van der Waals surface area contributed by atoms with Gasteiger partial charge in [0.05, 0.1) is 17.1 Å². The van der Waals surface area contributed by atoms with Gasteiger partial charge in [-0.05, 0) is 37.6 Å². The van der Waals surface area contributed by atoms with E-state index >= 15 is 0 Å². The second-order valence-electron chi connectivity index (χ2n) is 4.65. The maximum atomic E-state index is 4.42. The third-order valence-electron chi connectivity index (χ3n) is 3.47. The molecule has 2 heterocycles. The van der Waals surface area contributed by atoms with Crippen LogP contribution in [0.15, 0.2) is 54.7 Å². The van der Waals surface area contributed by atoms with Crippen LogP contribution in [0.3, 0.4) is 0 Å². The molecule has 0 bridgehead atoms. The van der Waals surface area contributed by atoms with Gasteiger partial charge in [-0.1, -0.05) is 30.3 Å². The Morgan fingerprint density at radius 3 is 2.61 bits per heavy atom. The topological polar surface area (TPSA) is 17.8 Å². The number of aromatic nitrogens is 2. The van der Waals surface area contributed by atoms with Gasteiger partial charge in [0.25, 0.3) is 0 Å². The molecule has 0 N–H and O–H groups in total. The Balaban J connectivity index is 2.17. The lowest BCUT2D eigenvalue weighted by atomic mass is 10.1. The first-order valence-corrected chi connectivity index (χ1v) is 6.25. The molecule has 0 saturated carbocycles. The van der Waals surface area contributed by atoms with Crippen LogP contribution in [0, 0.1) is 6.92 Å². The van der Waals surface area contributed by atoms with Gasteiger partial charge in [-0.3, -0.25) is 4.98 Å². The minimum absolute atomic E-state index is 0.327. The summed E-state index contributed by atoms with van der Waals surface area (Å²) >= 11 is 0. The molecule has 1 aromatic carbocycles. The lowest BCUT2D eigenvalue weighted by Crippen LogP contribution is -2.07. The van der Waals surface area contributed by atoms with Gasteiger partial charge < -0.3 is 4.57 Å². The SMILES string of the molecule is Cc1cc2ncccc2n1C(C)c1ccccc1. The Labute approximate surface area is 107 Å². The zero-order valence-electron chi connectivity index (χ0n) is 10.7. The van der Waals surface area contributed by atoms with Crippen molar-refractivity contribution in [1.29, 1.82) is 0 Å². The molecule has 1 atom stereocenters. The average Bonchev–Trinajstić information content (AvgIpc) is 2.75. The Hall–Kier alpha value is -2.09. The van der Waals surface area contributed by atoms with Crippen LogP contribution in [0.25, 0.3) is 11.0 Å². The number of benzene rings is 1. The fourth-order valence-corrected chi connectivity index (χ4v) is 2.58. The summed E-state index contributed by atoms with van der Waals surface area (Å²) in [5, 5.41) is 0. The molecule has 0 aliphatic carbocycles. The van der Waals surface area contributed by atoms with Gasteiger partial charge in [0.1, 0.15) is 0 Å². The van der Waals surface area contributed by atoms with Crippen molar-refractivity contribution in [3.8, 4) is 0 Å². The largest absolute Gasteiger partial charge is 0.336 e. The van der Waals surface area contributed by atoms with Crippen molar-refractivity contribution in [3.63, 3.8) is 0 Å². The number of nitrogens with zero attached hydrogens (tertiary/aromatic N) is 2.